The lowest BCUT2D eigenvalue weighted by atomic mass is 10.2. The lowest BCUT2D eigenvalue weighted by Crippen LogP contribution is -2.38. The minimum atomic E-state index is -1.09. The van der Waals surface area contributed by atoms with Crippen molar-refractivity contribution in [1.82, 2.24) is 5.32 Å². The van der Waals surface area contributed by atoms with E-state index in [0.29, 0.717) is 11.5 Å². The molecule has 0 aromatic carbocycles. The number of rotatable bonds is 3. The average molecular weight is 212 g/mol. The Morgan fingerprint density at radius 2 is 2.27 bits per heavy atom. The van der Waals surface area contributed by atoms with Gasteiger partial charge >= 0.3 is 11.8 Å². The van der Waals surface area contributed by atoms with Gasteiger partial charge in [0.1, 0.15) is 17.6 Å². The minimum absolute atomic E-state index is 0.116. The van der Waals surface area contributed by atoms with E-state index in [1.165, 1.54) is 0 Å². The number of aliphatic hydroxyl groups excluding tert-OH is 1. The topological polar surface area (TPSA) is 106 Å². The maximum absolute atomic E-state index is 10.8. The van der Waals surface area contributed by atoms with Gasteiger partial charge < -0.3 is 20.6 Å². The predicted molar refractivity (Wildman–Crippen MR) is 50.6 cm³/mol. The highest BCUT2D eigenvalue weighted by Gasteiger charge is 2.14. The monoisotopic (exact) mass is 212 g/mol. The van der Waals surface area contributed by atoms with Gasteiger partial charge in [-0.05, 0) is 19.1 Å². The van der Waals surface area contributed by atoms with Gasteiger partial charge in [-0.3, -0.25) is 9.59 Å². The van der Waals surface area contributed by atoms with Crippen molar-refractivity contribution >= 4 is 11.8 Å². The van der Waals surface area contributed by atoms with Gasteiger partial charge in [-0.15, -0.1) is 0 Å². The smallest absolute Gasteiger partial charge is 0.309 e. The van der Waals surface area contributed by atoms with Crippen LogP contribution >= 0.6 is 0 Å². The molecule has 15 heavy (non-hydrogen) atoms. The van der Waals surface area contributed by atoms with Crippen LogP contribution in [-0.2, 0) is 9.59 Å². The third-order valence-electron chi connectivity index (χ3n) is 1.77. The van der Waals surface area contributed by atoms with Crippen molar-refractivity contribution in [2.24, 2.45) is 5.73 Å². The molecule has 2 amide bonds. The van der Waals surface area contributed by atoms with Gasteiger partial charge in [0.2, 0.25) is 0 Å². The molecule has 1 rings (SSSR count). The number of nitrogens with two attached hydrogens (primary N) is 1. The molecule has 0 saturated carbocycles. The highest BCUT2D eigenvalue weighted by Crippen LogP contribution is 2.14. The first kappa shape index (κ1) is 11.3. The Labute approximate surface area is 86.1 Å². The van der Waals surface area contributed by atoms with E-state index in [9.17, 15) is 14.7 Å². The second-order valence-electron chi connectivity index (χ2n) is 3.04. The highest BCUT2D eigenvalue weighted by atomic mass is 16.4. The fourth-order valence-electron chi connectivity index (χ4n) is 1.01. The first-order valence-corrected chi connectivity index (χ1v) is 4.32. The average Bonchev–Trinajstić information content (AvgIpc) is 2.60. The number of carbonyl (C=O) groups is 2. The summed E-state index contributed by atoms with van der Waals surface area (Å²) in [7, 11) is 0. The Balaban J connectivity index is 2.46. The van der Waals surface area contributed by atoms with E-state index in [4.69, 9.17) is 10.2 Å². The summed E-state index contributed by atoms with van der Waals surface area (Å²) in [6.07, 6.45) is -0.984. The molecule has 4 N–H and O–H groups in total. The Bertz CT molecular complexity index is 372. The van der Waals surface area contributed by atoms with Gasteiger partial charge in [-0.1, -0.05) is 0 Å². The maximum Gasteiger partial charge on any atom is 0.309 e. The molecule has 0 aliphatic carbocycles. The predicted octanol–water partition coefficient (Wildman–Crippen LogP) is -0.777. The molecule has 0 fully saturated rings. The van der Waals surface area contributed by atoms with Gasteiger partial charge in [0.15, 0.2) is 0 Å². The number of hydrogen-bond donors (Lipinski definition) is 3. The van der Waals surface area contributed by atoms with Crippen molar-refractivity contribution in [3.63, 3.8) is 0 Å². The summed E-state index contributed by atoms with van der Waals surface area (Å²) >= 11 is 0. The van der Waals surface area contributed by atoms with E-state index in [1.54, 1.807) is 19.1 Å². The zero-order valence-electron chi connectivity index (χ0n) is 8.19. The van der Waals surface area contributed by atoms with Crippen LogP contribution in [0.5, 0.6) is 0 Å². The summed E-state index contributed by atoms with van der Waals surface area (Å²) in [5.41, 5.74) is 4.71. The fraction of sp³-hybridized carbons (Fsp3) is 0.333. The Kier molecular flexibility index (Phi) is 3.46. The molecule has 0 spiro atoms. The summed E-state index contributed by atoms with van der Waals surface area (Å²) in [6.45, 7) is 1.62. The summed E-state index contributed by atoms with van der Waals surface area (Å²) in [6, 6.07) is 3.28. The van der Waals surface area contributed by atoms with Crippen molar-refractivity contribution in [2.45, 2.75) is 13.0 Å². The molecule has 0 radical (unpaired) electrons. The molecule has 1 heterocycles. The second-order valence-corrected chi connectivity index (χ2v) is 3.04. The number of aliphatic hydroxyl groups is 1. The van der Waals surface area contributed by atoms with Gasteiger partial charge in [0.25, 0.3) is 0 Å². The second kappa shape index (κ2) is 4.61. The number of hydrogen-bond acceptors (Lipinski definition) is 4. The lowest BCUT2D eigenvalue weighted by molar-refractivity contribution is -0.137. The largest absolute Gasteiger partial charge is 0.464 e. The van der Waals surface area contributed by atoms with Crippen LogP contribution in [-0.4, -0.2) is 23.5 Å². The van der Waals surface area contributed by atoms with Gasteiger partial charge in [-0.25, -0.2) is 0 Å². The van der Waals surface area contributed by atoms with Crippen LogP contribution in [0.25, 0.3) is 0 Å². The number of furan rings is 1. The molecule has 6 nitrogen and oxygen atoms in total. The lowest BCUT2D eigenvalue weighted by Gasteiger charge is -2.07. The number of carbonyl (C=O) groups excluding carboxylic acids is 2. The third kappa shape index (κ3) is 3.10. The van der Waals surface area contributed by atoms with E-state index in [1.807, 2.05) is 0 Å². The molecule has 0 aliphatic rings. The first-order chi connectivity index (χ1) is 7.00. The molecule has 1 aromatic rings. The van der Waals surface area contributed by atoms with Crippen molar-refractivity contribution in [3.8, 4) is 0 Å². The van der Waals surface area contributed by atoms with E-state index in [2.05, 4.69) is 5.32 Å². The number of aryl methyl sites for hydroxylation is 1. The Hall–Kier alpha value is -1.82. The summed E-state index contributed by atoms with van der Waals surface area (Å²) in [5.74, 6) is -1.03. The van der Waals surface area contributed by atoms with Crippen LogP contribution in [0, 0.1) is 6.92 Å². The number of amides is 2. The molecule has 0 bridgehead atoms. The molecular formula is C9H12N2O4. The maximum atomic E-state index is 10.8. The SMILES string of the molecule is Cc1ccc(C(O)CNC(=O)C(N)=O)o1. The van der Waals surface area contributed by atoms with Crippen molar-refractivity contribution in [1.29, 1.82) is 0 Å². The van der Waals surface area contributed by atoms with E-state index >= 15 is 0 Å². The summed E-state index contributed by atoms with van der Waals surface area (Å²) in [4.78, 5) is 21.1. The summed E-state index contributed by atoms with van der Waals surface area (Å²) in [5, 5.41) is 11.7. The molecule has 0 saturated heterocycles. The molecule has 82 valence electrons. The Morgan fingerprint density at radius 3 is 2.73 bits per heavy atom. The number of nitrogens with one attached hydrogen (secondary N) is 1. The van der Waals surface area contributed by atoms with Crippen molar-refractivity contribution < 1.29 is 19.1 Å². The quantitative estimate of drug-likeness (QED) is 0.571. The van der Waals surface area contributed by atoms with Crippen molar-refractivity contribution in [3.05, 3.63) is 23.7 Å². The zero-order chi connectivity index (χ0) is 11.4. The van der Waals surface area contributed by atoms with Gasteiger partial charge in [0.05, 0.1) is 6.54 Å². The molecule has 1 atom stereocenters. The first-order valence-electron chi connectivity index (χ1n) is 4.32. The molecular weight excluding hydrogens is 200 g/mol. The molecule has 1 unspecified atom stereocenters. The van der Waals surface area contributed by atoms with Crippen LogP contribution in [0.3, 0.4) is 0 Å². The van der Waals surface area contributed by atoms with Crippen LogP contribution in [0.2, 0.25) is 0 Å². The standard InChI is InChI=1S/C9H12N2O4/c1-5-2-3-7(15-5)6(12)4-11-9(14)8(10)13/h2-3,6,12H,4H2,1H3,(H2,10,13)(H,11,14). The van der Waals surface area contributed by atoms with Gasteiger partial charge in [-0.2, -0.15) is 0 Å². The molecule has 1 aromatic heterocycles. The van der Waals surface area contributed by atoms with Crippen LogP contribution in [0.15, 0.2) is 16.5 Å². The summed E-state index contributed by atoms with van der Waals surface area (Å²) < 4.78 is 5.12. The van der Waals surface area contributed by atoms with Gasteiger partial charge in [0, 0.05) is 0 Å². The molecule has 0 aliphatic heterocycles. The highest BCUT2D eigenvalue weighted by molar-refractivity contribution is 6.34. The fourth-order valence-corrected chi connectivity index (χ4v) is 1.01. The minimum Gasteiger partial charge on any atom is -0.464 e. The van der Waals surface area contributed by atoms with Crippen molar-refractivity contribution in [2.75, 3.05) is 6.54 Å². The van der Waals surface area contributed by atoms with Crippen LogP contribution in [0.1, 0.15) is 17.6 Å². The third-order valence-corrected chi connectivity index (χ3v) is 1.77. The zero-order valence-corrected chi connectivity index (χ0v) is 8.19. The van der Waals surface area contributed by atoms with Crippen LogP contribution < -0.4 is 11.1 Å². The number of primary amides is 1. The normalized spacial score (nSPS) is 12.1. The van der Waals surface area contributed by atoms with E-state index < -0.39 is 17.9 Å². The van der Waals surface area contributed by atoms with E-state index in [-0.39, 0.29) is 6.54 Å². The molecule has 6 heteroatoms. The Morgan fingerprint density at radius 1 is 1.60 bits per heavy atom. The van der Waals surface area contributed by atoms with Crippen LogP contribution in [0.4, 0.5) is 0 Å². The van der Waals surface area contributed by atoms with E-state index in [0.717, 1.165) is 0 Å².